The van der Waals surface area contributed by atoms with Crippen molar-refractivity contribution in [3.8, 4) is 0 Å². The maximum absolute atomic E-state index is 12.5. The number of aliphatic hydroxyl groups excluding tert-OH is 1. The molecule has 0 aromatic carbocycles. The van der Waals surface area contributed by atoms with E-state index in [2.05, 4.69) is 19.2 Å². The molecule has 7 heteroatoms. The Labute approximate surface area is 252 Å². The molecule has 0 amide bonds. The van der Waals surface area contributed by atoms with Gasteiger partial charge in [0.1, 0.15) is 18.8 Å². The summed E-state index contributed by atoms with van der Waals surface area (Å²) in [6, 6.07) is 0. The number of piperidine rings is 1. The molecule has 1 heterocycles. The zero-order valence-electron chi connectivity index (χ0n) is 26.8. The van der Waals surface area contributed by atoms with Crippen LogP contribution in [0.3, 0.4) is 0 Å². The first-order chi connectivity index (χ1) is 20.1. The summed E-state index contributed by atoms with van der Waals surface area (Å²) in [5, 5.41) is 12.3. The van der Waals surface area contributed by atoms with E-state index in [0.717, 1.165) is 148 Å². The summed E-state index contributed by atoms with van der Waals surface area (Å²) in [7, 11) is 0. The molecule has 0 radical (unpaired) electrons. The van der Waals surface area contributed by atoms with Gasteiger partial charge in [-0.1, -0.05) is 90.9 Å². The van der Waals surface area contributed by atoms with Gasteiger partial charge in [0, 0.05) is 13.0 Å². The summed E-state index contributed by atoms with van der Waals surface area (Å²) in [6.07, 6.45) is 24.0. The zero-order chi connectivity index (χ0) is 29.8. The van der Waals surface area contributed by atoms with Crippen LogP contribution in [-0.2, 0) is 23.8 Å². The third kappa shape index (κ3) is 23.0. The van der Waals surface area contributed by atoms with Crippen molar-refractivity contribution in [3.05, 3.63) is 0 Å². The second-order valence-corrected chi connectivity index (χ2v) is 12.1. The van der Waals surface area contributed by atoms with Gasteiger partial charge >= 0.3 is 11.9 Å². The van der Waals surface area contributed by atoms with Crippen molar-refractivity contribution in [2.24, 2.45) is 0 Å². The van der Waals surface area contributed by atoms with Crippen LogP contribution < -0.4 is 5.32 Å². The van der Waals surface area contributed by atoms with Crippen LogP contribution in [0.5, 0.6) is 0 Å². The Hall–Kier alpha value is -1.18. The summed E-state index contributed by atoms with van der Waals surface area (Å²) in [5.41, 5.74) is 0. The van der Waals surface area contributed by atoms with Crippen LogP contribution in [0.25, 0.3) is 0 Å². The van der Waals surface area contributed by atoms with E-state index in [1.54, 1.807) is 0 Å². The van der Waals surface area contributed by atoms with Crippen LogP contribution in [0.2, 0.25) is 0 Å². The molecule has 0 aromatic heterocycles. The molecule has 2 N–H and O–H groups in total. The summed E-state index contributed by atoms with van der Waals surface area (Å²) >= 11 is 0. The van der Waals surface area contributed by atoms with Gasteiger partial charge in [-0.05, 0) is 77.3 Å². The molecule has 0 saturated carbocycles. The molecular formula is C34H65NO6. The van der Waals surface area contributed by atoms with Crippen LogP contribution in [0.15, 0.2) is 0 Å². The number of rotatable bonds is 28. The molecule has 7 nitrogen and oxygen atoms in total. The standard InChI is InChI=1S/C34H65NO6/c1-3-5-19-31(20-6-4-2)40-33(37)23-17-13-8-7-11-15-21-32(22-16-12-9-10-14-18-28-36)41-34(38)29-39-30-24-26-35-27-25-30/h30-32,35-36H,3-29H2,1-2H3. The van der Waals surface area contributed by atoms with E-state index >= 15 is 0 Å². The van der Waals surface area contributed by atoms with E-state index in [1.807, 2.05) is 0 Å². The predicted octanol–water partition coefficient (Wildman–Crippen LogP) is 7.80. The molecule has 0 bridgehead atoms. The van der Waals surface area contributed by atoms with Crippen molar-refractivity contribution in [1.82, 2.24) is 5.32 Å². The largest absolute Gasteiger partial charge is 0.462 e. The van der Waals surface area contributed by atoms with Crippen LogP contribution in [-0.4, -0.2) is 61.7 Å². The van der Waals surface area contributed by atoms with E-state index < -0.39 is 0 Å². The Kier molecular flexibility index (Phi) is 25.5. The normalized spacial score (nSPS) is 14.8. The van der Waals surface area contributed by atoms with Gasteiger partial charge in [-0.15, -0.1) is 0 Å². The zero-order valence-corrected chi connectivity index (χ0v) is 26.8. The second kappa shape index (κ2) is 27.6. The first kappa shape index (κ1) is 37.8. The Morgan fingerprint density at radius 2 is 1.12 bits per heavy atom. The Balaban J connectivity index is 2.23. The third-order valence-corrected chi connectivity index (χ3v) is 8.17. The summed E-state index contributed by atoms with van der Waals surface area (Å²) < 4.78 is 17.5. The summed E-state index contributed by atoms with van der Waals surface area (Å²) in [6.45, 7) is 6.60. The molecule has 41 heavy (non-hydrogen) atoms. The van der Waals surface area contributed by atoms with E-state index in [4.69, 9.17) is 19.3 Å². The Bertz CT molecular complexity index is 602. The lowest BCUT2D eigenvalue weighted by atomic mass is 10.0. The van der Waals surface area contributed by atoms with E-state index in [1.165, 1.54) is 6.42 Å². The van der Waals surface area contributed by atoms with Gasteiger partial charge in [0.2, 0.25) is 0 Å². The number of aliphatic hydroxyl groups is 1. The predicted molar refractivity (Wildman–Crippen MR) is 167 cm³/mol. The smallest absolute Gasteiger partial charge is 0.332 e. The number of ether oxygens (including phenoxy) is 3. The van der Waals surface area contributed by atoms with Crippen molar-refractivity contribution in [3.63, 3.8) is 0 Å². The minimum atomic E-state index is -0.227. The summed E-state index contributed by atoms with van der Waals surface area (Å²) in [5.74, 6) is -0.251. The molecule has 0 aliphatic carbocycles. The van der Waals surface area contributed by atoms with Crippen LogP contribution in [0.1, 0.15) is 162 Å². The van der Waals surface area contributed by atoms with Gasteiger partial charge < -0.3 is 24.6 Å². The Morgan fingerprint density at radius 1 is 0.659 bits per heavy atom. The van der Waals surface area contributed by atoms with E-state index in [0.29, 0.717) is 6.42 Å². The molecule has 1 aliphatic rings. The highest BCUT2D eigenvalue weighted by Crippen LogP contribution is 2.19. The fraction of sp³-hybridized carbons (Fsp3) is 0.941. The first-order valence-electron chi connectivity index (χ1n) is 17.4. The van der Waals surface area contributed by atoms with Gasteiger partial charge in [-0.2, -0.15) is 0 Å². The molecule has 1 aliphatic heterocycles. The van der Waals surface area contributed by atoms with Crippen LogP contribution >= 0.6 is 0 Å². The van der Waals surface area contributed by atoms with Crippen LogP contribution in [0.4, 0.5) is 0 Å². The molecule has 1 rings (SSSR count). The fourth-order valence-corrected chi connectivity index (χ4v) is 5.54. The second-order valence-electron chi connectivity index (χ2n) is 12.1. The van der Waals surface area contributed by atoms with Gasteiger partial charge in [-0.3, -0.25) is 4.79 Å². The quantitative estimate of drug-likeness (QED) is 0.0717. The SMILES string of the molecule is CCCCC(CCCC)OC(=O)CCCCCCCCC(CCCCCCCCO)OC(=O)COC1CCNCC1. The maximum Gasteiger partial charge on any atom is 0.332 e. The molecule has 242 valence electrons. The number of nitrogens with one attached hydrogen (secondary N) is 1. The van der Waals surface area contributed by atoms with Crippen molar-refractivity contribution >= 4 is 11.9 Å². The van der Waals surface area contributed by atoms with Gasteiger partial charge in [0.05, 0.1) is 6.10 Å². The van der Waals surface area contributed by atoms with E-state index in [9.17, 15) is 9.59 Å². The molecular weight excluding hydrogens is 518 g/mol. The lowest BCUT2D eigenvalue weighted by Gasteiger charge is -2.23. The summed E-state index contributed by atoms with van der Waals surface area (Å²) in [4.78, 5) is 24.8. The highest BCUT2D eigenvalue weighted by Gasteiger charge is 2.18. The van der Waals surface area contributed by atoms with Gasteiger partial charge in [0.25, 0.3) is 0 Å². The molecule has 0 aromatic rings. The average Bonchev–Trinajstić information content (AvgIpc) is 2.98. The first-order valence-corrected chi connectivity index (χ1v) is 17.4. The van der Waals surface area contributed by atoms with E-state index in [-0.39, 0.29) is 43.5 Å². The highest BCUT2D eigenvalue weighted by atomic mass is 16.6. The number of unbranched alkanes of at least 4 members (excludes halogenated alkanes) is 12. The lowest BCUT2D eigenvalue weighted by Crippen LogP contribution is -2.34. The average molecular weight is 584 g/mol. The fourth-order valence-electron chi connectivity index (χ4n) is 5.54. The maximum atomic E-state index is 12.5. The number of esters is 2. The van der Waals surface area contributed by atoms with Crippen molar-refractivity contribution in [2.45, 2.75) is 180 Å². The minimum absolute atomic E-state index is 0.0237. The van der Waals surface area contributed by atoms with Crippen molar-refractivity contribution in [2.75, 3.05) is 26.3 Å². The molecule has 1 atom stereocenters. The monoisotopic (exact) mass is 583 g/mol. The Morgan fingerprint density at radius 3 is 1.66 bits per heavy atom. The number of hydrogen-bond acceptors (Lipinski definition) is 7. The molecule has 1 unspecified atom stereocenters. The van der Waals surface area contributed by atoms with Gasteiger partial charge in [-0.25, -0.2) is 4.79 Å². The topological polar surface area (TPSA) is 94.1 Å². The minimum Gasteiger partial charge on any atom is -0.462 e. The van der Waals surface area contributed by atoms with Crippen molar-refractivity contribution < 1.29 is 28.9 Å². The van der Waals surface area contributed by atoms with Gasteiger partial charge in [0.15, 0.2) is 0 Å². The molecule has 0 spiro atoms. The lowest BCUT2D eigenvalue weighted by molar-refractivity contribution is -0.158. The molecule has 1 fully saturated rings. The number of carbonyl (C=O) groups excluding carboxylic acids is 2. The van der Waals surface area contributed by atoms with Crippen LogP contribution in [0, 0.1) is 0 Å². The number of hydrogen-bond donors (Lipinski definition) is 2. The number of carbonyl (C=O) groups is 2. The third-order valence-electron chi connectivity index (χ3n) is 8.17. The highest BCUT2D eigenvalue weighted by molar-refractivity contribution is 5.71. The molecule has 1 saturated heterocycles. The van der Waals surface area contributed by atoms with Crippen molar-refractivity contribution in [1.29, 1.82) is 0 Å².